The van der Waals surface area contributed by atoms with Gasteiger partial charge in [0.25, 0.3) is 0 Å². The summed E-state index contributed by atoms with van der Waals surface area (Å²) in [6.45, 7) is 2.26. The average Bonchev–Trinajstić information content (AvgIpc) is 3.06. The van der Waals surface area contributed by atoms with Gasteiger partial charge in [-0.05, 0) is 37.3 Å². The minimum Gasteiger partial charge on any atom is -0.466 e. The highest BCUT2D eigenvalue weighted by molar-refractivity contribution is 5.76. The zero-order chi connectivity index (χ0) is 14.8. The van der Waals surface area contributed by atoms with Crippen molar-refractivity contribution in [3.63, 3.8) is 0 Å². The van der Waals surface area contributed by atoms with Crippen LogP contribution in [0, 0.1) is 5.92 Å². The van der Waals surface area contributed by atoms with Gasteiger partial charge in [-0.1, -0.05) is 26.2 Å². The maximum atomic E-state index is 12.3. The van der Waals surface area contributed by atoms with Crippen molar-refractivity contribution >= 4 is 5.91 Å². The normalized spacial score (nSPS) is 25.8. The SMILES string of the molecule is C[C@H]1C[C@@H]1c1ccc(CCC(=O)N(C)C2CCCCC2)o1. The number of carbonyl (C=O) groups is 1. The van der Waals surface area contributed by atoms with E-state index >= 15 is 0 Å². The summed E-state index contributed by atoms with van der Waals surface area (Å²) in [6, 6.07) is 4.61. The van der Waals surface area contributed by atoms with Crippen LogP contribution in [0.2, 0.25) is 0 Å². The fourth-order valence-corrected chi connectivity index (χ4v) is 3.53. The van der Waals surface area contributed by atoms with Crippen molar-refractivity contribution in [3.8, 4) is 0 Å². The monoisotopic (exact) mass is 289 g/mol. The number of hydrogen-bond acceptors (Lipinski definition) is 2. The molecule has 2 atom stereocenters. The second-order valence-corrected chi connectivity index (χ2v) is 6.92. The Balaban J connectivity index is 1.47. The second-order valence-electron chi connectivity index (χ2n) is 6.92. The van der Waals surface area contributed by atoms with Crippen LogP contribution < -0.4 is 0 Å². The van der Waals surface area contributed by atoms with E-state index in [9.17, 15) is 4.79 Å². The minimum absolute atomic E-state index is 0.264. The Kier molecular flexibility index (Phi) is 4.37. The van der Waals surface area contributed by atoms with Gasteiger partial charge >= 0.3 is 0 Å². The fourth-order valence-electron chi connectivity index (χ4n) is 3.53. The highest BCUT2D eigenvalue weighted by atomic mass is 16.3. The molecule has 3 rings (SSSR count). The third kappa shape index (κ3) is 3.50. The summed E-state index contributed by atoms with van der Waals surface area (Å²) in [5.74, 6) is 3.74. The molecule has 0 unspecified atom stereocenters. The molecule has 116 valence electrons. The maximum absolute atomic E-state index is 12.3. The Morgan fingerprint density at radius 3 is 2.67 bits per heavy atom. The van der Waals surface area contributed by atoms with Gasteiger partial charge in [0.2, 0.25) is 5.91 Å². The van der Waals surface area contributed by atoms with Crippen LogP contribution in [0.5, 0.6) is 0 Å². The van der Waals surface area contributed by atoms with E-state index in [-0.39, 0.29) is 5.91 Å². The topological polar surface area (TPSA) is 33.5 Å². The first kappa shape index (κ1) is 14.7. The van der Waals surface area contributed by atoms with Gasteiger partial charge in [-0.2, -0.15) is 0 Å². The molecule has 0 spiro atoms. The predicted octanol–water partition coefficient (Wildman–Crippen LogP) is 4.13. The molecular formula is C18H27NO2. The molecule has 0 radical (unpaired) electrons. The lowest BCUT2D eigenvalue weighted by Gasteiger charge is -2.31. The van der Waals surface area contributed by atoms with Crippen molar-refractivity contribution < 1.29 is 9.21 Å². The average molecular weight is 289 g/mol. The Bertz CT molecular complexity index is 487. The summed E-state index contributed by atoms with van der Waals surface area (Å²) in [5.41, 5.74) is 0. The lowest BCUT2D eigenvalue weighted by Crippen LogP contribution is -2.38. The molecule has 0 aromatic carbocycles. The van der Waals surface area contributed by atoms with E-state index in [2.05, 4.69) is 13.0 Å². The molecule has 3 heteroatoms. The molecule has 2 saturated carbocycles. The molecule has 2 aliphatic rings. The molecule has 0 saturated heterocycles. The fraction of sp³-hybridized carbons (Fsp3) is 0.722. The molecular weight excluding hydrogens is 262 g/mol. The number of nitrogens with zero attached hydrogens (tertiary/aromatic N) is 1. The van der Waals surface area contributed by atoms with Crippen molar-refractivity contribution in [1.29, 1.82) is 0 Å². The number of furan rings is 1. The lowest BCUT2D eigenvalue weighted by atomic mass is 9.94. The minimum atomic E-state index is 0.264. The number of carbonyl (C=O) groups excluding carboxylic acids is 1. The molecule has 1 amide bonds. The summed E-state index contributed by atoms with van der Waals surface area (Å²) < 4.78 is 5.88. The molecule has 1 aromatic heterocycles. The summed E-state index contributed by atoms with van der Waals surface area (Å²) in [4.78, 5) is 14.3. The first-order valence-electron chi connectivity index (χ1n) is 8.49. The molecule has 1 aromatic rings. The Hall–Kier alpha value is -1.25. The zero-order valence-corrected chi connectivity index (χ0v) is 13.3. The van der Waals surface area contributed by atoms with Gasteiger partial charge in [0.05, 0.1) is 0 Å². The van der Waals surface area contributed by atoms with Gasteiger partial charge in [0.1, 0.15) is 11.5 Å². The third-order valence-corrected chi connectivity index (χ3v) is 5.26. The molecule has 3 nitrogen and oxygen atoms in total. The third-order valence-electron chi connectivity index (χ3n) is 5.26. The number of rotatable bonds is 5. The second kappa shape index (κ2) is 6.25. The summed E-state index contributed by atoms with van der Waals surface area (Å²) >= 11 is 0. The van der Waals surface area contributed by atoms with Gasteiger partial charge < -0.3 is 9.32 Å². The smallest absolute Gasteiger partial charge is 0.223 e. The largest absolute Gasteiger partial charge is 0.466 e. The van der Waals surface area contributed by atoms with Gasteiger partial charge in [0.15, 0.2) is 0 Å². The molecule has 0 bridgehead atoms. The van der Waals surface area contributed by atoms with Crippen LogP contribution in [0.4, 0.5) is 0 Å². The summed E-state index contributed by atoms with van der Waals surface area (Å²) in [5, 5.41) is 0. The van der Waals surface area contributed by atoms with Crippen LogP contribution in [0.1, 0.15) is 69.3 Å². The van der Waals surface area contributed by atoms with E-state index in [0.717, 1.165) is 23.9 Å². The van der Waals surface area contributed by atoms with Gasteiger partial charge in [-0.25, -0.2) is 0 Å². The molecule has 2 fully saturated rings. The van der Waals surface area contributed by atoms with Crippen molar-refractivity contribution in [2.24, 2.45) is 5.92 Å². The summed E-state index contributed by atoms with van der Waals surface area (Å²) in [7, 11) is 1.97. The van der Waals surface area contributed by atoms with E-state index in [1.807, 2.05) is 18.0 Å². The quantitative estimate of drug-likeness (QED) is 0.816. The molecule has 21 heavy (non-hydrogen) atoms. The van der Waals surface area contributed by atoms with Gasteiger partial charge in [-0.15, -0.1) is 0 Å². The Morgan fingerprint density at radius 1 is 1.29 bits per heavy atom. The van der Waals surface area contributed by atoms with Crippen LogP contribution in [-0.2, 0) is 11.2 Å². The summed E-state index contributed by atoms with van der Waals surface area (Å²) in [6.07, 6.45) is 8.76. The van der Waals surface area contributed by atoms with Crippen molar-refractivity contribution in [2.45, 2.75) is 70.3 Å². The van der Waals surface area contributed by atoms with E-state index in [1.165, 1.54) is 38.5 Å². The lowest BCUT2D eigenvalue weighted by molar-refractivity contribution is -0.132. The van der Waals surface area contributed by atoms with Crippen LogP contribution >= 0.6 is 0 Å². The molecule has 2 aliphatic carbocycles. The predicted molar refractivity (Wildman–Crippen MR) is 83.2 cm³/mol. The van der Waals surface area contributed by atoms with E-state index in [4.69, 9.17) is 4.42 Å². The highest BCUT2D eigenvalue weighted by Gasteiger charge is 2.36. The first-order valence-corrected chi connectivity index (χ1v) is 8.49. The number of hydrogen-bond donors (Lipinski definition) is 0. The zero-order valence-electron chi connectivity index (χ0n) is 13.3. The van der Waals surface area contributed by atoms with Crippen LogP contribution in [0.15, 0.2) is 16.5 Å². The van der Waals surface area contributed by atoms with Gasteiger partial charge in [0, 0.05) is 31.8 Å². The highest BCUT2D eigenvalue weighted by Crippen LogP contribution is 2.47. The van der Waals surface area contributed by atoms with E-state index in [0.29, 0.717) is 18.4 Å². The first-order chi connectivity index (χ1) is 10.1. The molecule has 1 heterocycles. The number of aryl methyl sites for hydroxylation is 1. The maximum Gasteiger partial charge on any atom is 0.223 e. The molecule has 0 aliphatic heterocycles. The van der Waals surface area contributed by atoms with Crippen LogP contribution in [0.3, 0.4) is 0 Å². The van der Waals surface area contributed by atoms with Crippen LogP contribution in [0.25, 0.3) is 0 Å². The van der Waals surface area contributed by atoms with Gasteiger partial charge in [-0.3, -0.25) is 4.79 Å². The van der Waals surface area contributed by atoms with E-state index in [1.54, 1.807) is 0 Å². The number of amides is 1. The standard InChI is InChI=1S/C18H27NO2/c1-13-12-16(13)17-10-8-15(21-17)9-11-18(20)19(2)14-6-4-3-5-7-14/h8,10,13-14,16H,3-7,9,11-12H2,1-2H3/t13-,16-/m0/s1. The van der Waals surface area contributed by atoms with Crippen molar-refractivity contribution in [2.75, 3.05) is 7.05 Å². The Labute approximate surface area is 127 Å². The Morgan fingerprint density at radius 2 is 2.00 bits per heavy atom. The van der Waals surface area contributed by atoms with Crippen molar-refractivity contribution in [3.05, 3.63) is 23.7 Å². The van der Waals surface area contributed by atoms with Crippen LogP contribution in [-0.4, -0.2) is 23.9 Å². The van der Waals surface area contributed by atoms with Crippen molar-refractivity contribution in [1.82, 2.24) is 4.90 Å². The van der Waals surface area contributed by atoms with E-state index < -0.39 is 0 Å². The molecule has 0 N–H and O–H groups in total.